The van der Waals surface area contributed by atoms with Gasteiger partial charge in [0.05, 0.1) is 12.3 Å². The average Bonchev–Trinajstić information content (AvgIpc) is 2.82. The van der Waals surface area contributed by atoms with Crippen LogP contribution in [0, 0.1) is 0 Å². The molecule has 0 fully saturated rings. The molecule has 0 bridgehead atoms. The van der Waals surface area contributed by atoms with Crippen LogP contribution in [0.15, 0.2) is 24.3 Å². The standard InChI is InChI=1S/C28H45NO6/c30-26(29-24-18-15-16-19-25(24)35-23-17-22-28(33)34)20-13-11-9-7-5-3-1-2-4-6-8-10-12-14-21-27(31)32/h15-16,18-19H,1-14,17,20-23H2,(H,29,30)(H,31,32)(H,33,34). The van der Waals surface area contributed by atoms with E-state index >= 15 is 0 Å². The quantitative estimate of drug-likeness (QED) is 0.140. The van der Waals surface area contributed by atoms with Crippen molar-refractivity contribution in [1.82, 2.24) is 0 Å². The van der Waals surface area contributed by atoms with Gasteiger partial charge in [0.15, 0.2) is 0 Å². The van der Waals surface area contributed by atoms with E-state index in [1.54, 1.807) is 12.1 Å². The van der Waals surface area contributed by atoms with Crippen molar-refractivity contribution in [3.8, 4) is 5.75 Å². The number of carboxylic acids is 2. The Kier molecular flexibility index (Phi) is 18.1. The number of rotatable bonds is 23. The van der Waals surface area contributed by atoms with Crippen LogP contribution in [0.1, 0.15) is 116 Å². The molecule has 1 aromatic rings. The zero-order valence-corrected chi connectivity index (χ0v) is 21.3. The summed E-state index contributed by atoms with van der Waals surface area (Å²) in [7, 11) is 0. The van der Waals surface area contributed by atoms with Crippen molar-refractivity contribution in [2.45, 2.75) is 116 Å². The van der Waals surface area contributed by atoms with Crippen LogP contribution in [0.3, 0.4) is 0 Å². The third-order valence-electron chi connectivity index (χ3n) is 6.00. The van der Waals surface area contributed by atoms with Gasteiger partial charge in [-0.25, -0.2) is 0 Å². The normalized spacial score (nSPS) is 10.7. The lowest BCUT2D eigenvalue weighted by atomic mass is 10.0. The lowest BCUT2D eigenvalue weighted by Gasteiger charge is -2.12. The summed E-state index contributed by atoms with van der Waals surface area (Å²) in [5.74, 6) is -0.979. The molecule has 35 heavy (non-hydrogen) atoms. The molecule has 0 aromatic heterocycles. The SMILES string of the molecule is O=C(O)CCCCCCCCCCCCCCCCC(=O)Nc1ccccc1OCCCC(=O)O. The lowest BCUT2D eigenvalue weighted by molar-refractivity contribution is -0.138. The van der Waals surface area contributed by atoms with Crippen molar-refractivity contribution in [3.05, 3.63) is 24.3 Å². The third kappa shape index (κ3) is 18.4. The molecule has 7 nitrogen and oxygen atoms in total. The minimum Gasteiger partial charge on any atom is -0.491 e. The summed E-state index contributed by atoms with van der Waals surface area (Å²) >= 11 is 0. The monoisotopic (exact) mass is 491 g/mol. The highest BCUT2D eigenvalue weighted by molar-refractivity contribution is 5.92. The van der Waals surface area contributed by atoms with Gasteiger partial charge in [-0.1, -0.05) is 89.2 Å². The average molecular weight is 492 g/mol. The van der Waals surface area contributed by atoms with Gasteiger partial charge in [-0.3, -0.25) is 14.4 Å². The zero-order valence-electron chi connectivity index (χ0n) is 21.3. The molecule has 0 aliphatic heterocycles. The number of hydrogen-bond donors (Lipinski definition) is 3. The fraction of sp³-hybridized carbons (Fsp3) is 0.679. The summed E-state index contributed by atoms with van der Waals surface area (Å²) in [5.41, 5.74) is 0.631. The number of anilines is 1. The van der Waals surface area contributed by atoms with Crippen molar-refractivity contribution in [3.63, 3.8) is 0 Å². The molecule has 7 heteroatoms. The van der Waals surface area contributed by atoms with Gasteiger partial charge in [-0.15, -0.1) is 0 Å². The molecule has 0 saturated heterocycles. The number of ether oxygens (including phenoxy) is 1. The molecule has 0 aliphatic rings. The fourth-order valence-electron chi connectivity index (χ4n) is 4.00. The van der Waals surface area contributed by atoms with Gasteiger partial charge in [-0.2, -0.15) is 0 Å². The summed E-state index contributed by atoms with van der Waals surface area (Å²) in [6.45, 7) is 0.301. The molecule has 0 heterocycles. The number of amides is 1. The van der Waals surface area contributed by atoms with E-state index in [1.165, 1.54) is 51.4 Å². The first kappa shape index (κ1) is 30.5. The minimum atomic E-state index is -0.843. The number of hydrogen-bond acceptors (Lipinski definition) is 4. The number of carbonyl (C=O) groups is 3. The highest BCUT2D eigenvalue weighted by atomic mass is 16.5. The Morgan fingerprint density at radius 2 is 1.03 bits per heavy atom. The molecule has 198 valence electrons. The van der Waals surface area contributed by atoms with Crippen LogP contribution in [-0.4, -0.2) is 34.7 Å². The highest BCUT2D eigenvalue weighted by Gasteiger charge is 2.08. The number of nitrogens with one attached hydrogen (secondary N) is 1. The van der Waals surface area contributed by atoms with E-state index in [-0.39, 0.29) is 12.3 Å². The van der Waals surface area contributed by atoms with Crippen LogP contribution >= 0.6 is 0 Å². The number of para-hydroxylation sites is 2. The fourth-order valence-corrected chi connectivity index (χ4v) is 4.00. The predicted molar refractivity (Wildman–Crippen MR) is 139 cm³/mol. The summed E-state index contributed by atoms with van der Waals surface area (Å²) in [6.07, 6.45) is 17.5. The van der Waals surface area contributed by atoms with Crippen LogP contribution in [0.4, 0.5) is 5.69 Å². The van der Waals surface area contributed by atoms with Crippen molar-refractivity contribution >= 4 is 23.5 Å². The van der Waals surface area contributed by atoms with Crippen molar-refractivity contribution < 1.29 is 29.3 Å². The maximum atomic E-state index is 12.3. The second-order valence-electron chi connectivity index (χ2n) is 9.23. The van der Waals surface area contributed by atoms with Crippen LogP contribution in [0.25, 0.3) is 0 Å². The Labute approximate surface area is 210 Å². The highest BCUT2D eigenvalue weighted by Crippen LogP contribution is 2.24. The molecule has 0 atom stereocenters. The number of carboxylic acid groups (broad SMARTS) is 2. The largest absolute Gasteiger partial charge is 0.491 e. The van der Waals surface area contributed by atoms with Gasteiger partial charge in [0.1, 0.15) is 5.75 Å². The summed E-state index contributed by atoms with van der Waals surface area (Å²) in [5, 5.41) is 20.2. The molecule has 0 unspecified atom stereocenters. The van der Waals surface area contributed by atoms with Crippen LogP contribution < -0.4 is 10.1 Å². The number of unbranched alkanes of at least 4 members (excludes halogenated alkanes) is 13. The van der Waals surface area contributed by atoms with Gasteiger partial charge in [-0.05, 0) is 31.4 Å². The van der Waals surface area contributed by atoms with E-state index in [0.29, 0.717) is 37.3 Å². The molecule has 0 saturated carbocycles. The van der Waals surface area contributed by atoms with Gasteiger partial charge in [0.2, 0.25) is 5.91 Å². The van der Waals surface area contributed by atoms with Gasteiger partial charge < -0.3 is 20.3 Å². The van der Waals surface area contributed by atoms with Crippen molar-refractivity contribution in [2.75, 3.05) is 11.9 Å². The maximum Gasteiger partial charge on any atom is 0.303 e. The Hall–Kier alpha value is -2.57. The van der Waals surface area contributed by atoms with Crippen molar-refractivity contribution in [1.29, 1.82) is 0 Å². The zero-order chi connectivity index (χ0) is 25.6. The third-order valence-corrected chi connectivity index (χ3v) is 6.00. The Morgan fingerprint density at radius 3 is 1.54 bits per heavy atom. The topological polar surface area (TPSA) is 113 Å². The number of benzene rings is 1. The molecular formula is C28H45NO6. The molecular weight excluding hydrogens is 446 g/mol. The molecule has 1 amide bonds. The Balaban J connectivity index is 1.96. The Morgan fingerprint density at radius 1 is 0.600 bits per heavy atom. The van der Waals surface area contributed by atoms with E-state index in [2.05, 4.69) is 5.32 Å². The summed E-state index contributed by atoms with van der Waals surface area (Å²) in [6, 6.07) is 7.25. The molecule has 0 aliphatic carbocycles. The Bertz CT molecular complexity index is 721. The van der Waals surface area contributed by atoms with E-state index < -0.39 is 11.9 Å². The number of aliphatic carboxylic acids is 2. The van der Waals surface area contributed by atoms with Gasteiger partial charge in [0, 0.05) is 19.3 Å². The van der Waals surface area contributed by atoms with Crippen LogP contribution in [0.2, 0.25) is 0 Å². The first-order valence-electron chi connectivity index (χ1n) is 13.4. The number of carbonyl (C=O) groups excluding carboxylic acids is 1. The van der Waals surface area contributed by atoms with E-state index in [9.17, 15) is 14.4 Å². The summed E-state index contributed by atoms with van der Waals surface area (Å²) in [4.78, 5) is 33.3. The molecule has 0 spiro atoms. The molecule has 3 N–H and O–H groups in total. The molecule has 0 radical (unpaired) electrons. The van der Waals surface area contributed by atoms with Crippen LogP contribution in [0.5, 0.6) is 5.75 Å². The summed E-state index contributed by atoms with van der Waals surface area (Å²) < 4.78 is 5.63. The maximum absolute atomic E-state index is 12.3. The first-order valence-corrected chi connectivity index (χ1v) is 13.4. The lowest BCUT2D eigenvalue weighted by Crippen LogP contribution is -2.12. The second kappa shape index (κ2) is 20.8. The smallest absolute Gasteiger partial charge is 0.303 e. The van der Waals surface area contributed by atoms with Gasteiger partial charge in [0.25, 0.3) is 0 Å². The van der Waals surface area contributed by atoms with E-state index in [0.717, 1.165) is 38.5 Å². The predicted octanol–water partition coefficient (Wildman–Crippen LogP) is 7.19. The molecule has 1 rings (SSSR count). The minimum absolute atomic E-state index is 0.0199. The van der Waals surface area contributed by atoms with Crippen LogP contribution in [-0.2, 0) is 14.4 Å². The first-order chi connectivity index (χ1) is 17.0. The van der Waals surface area contributed by atoms with Crippen molar-refractivity contribution in [2.24, 2.45) is 0 Å². The second-order valence-corrected chi connectivity index (χ2v) is 9.23. The van der Waals surface area contributed by atoms with E-state index in [4.69, 9.17) is 14.9 Å². The molecule has 1 aromatic carbocycles. The van der Waals surface area contributed by atoms with E-state index in [1.807, 2.05) is 12.1 Å². The van der Waals surface area contributed by atoms with Gasteiger partial charge >= 0.3 is 11.9 Å².